The van der Waals surface area contributed by atoms with E-state index in [-0.39, 0.29) is 11.9 Å². The number of halogens is 3. The number of hydrogen-bond acceptors (Lipinski definition) is 5. The number of aliphatic imine (C=N–C) groups is 1. The van der Waals surface area contributed by atoms with Crippen molar-refractivity contribution in [2.45, 2.75) is 32.5 Å². The monoisotopic (exact) mass is 449 g/mol. The Morgan fingerprint density at radius 2 is 1.94 bits per heavy atom. The first-order chi connectivity index (χ1) is 15.4. The van der Waals surface area contributed by atoms with Crippen molar-refractivity contribution >= 4 is 23.5 Å². The van der Waals surface area contributed by atoms with Crippen LogP contribution in [0.5, 0.6) is 0 Å². The number of anilines is 2. The summed E-state index contributed by atoms with van der Waals surface area (Å²) in [6.45, 7) is 4.50. The van der Waals surface area contributed by atoms with Gasteiger partial charge >= 0.3 is 6.18 Å². The minimum Gasteiger partial charge on any atom is -0.357 e. The second-order valence-electron chi connectivity index (χ2n) is 7.13. The first-order valence-electron chi connectivity index (χ1n) is 10.4. The van der Waals surface area contributed by atoms with E-state index >= 15 is 0 Å². The Morgan fingerprint density at radius 1 is 1.16 bits per heavy atom. The average molecular weight is 449 g/mol. The fraction of sp³-hybridized carbons (Fsp3) is 0.429. The van der Waals surface area contributed by atoms with E-state index in [0.29, 0.717) is 38.6 Å². The quantitative estimate of drug-likeness (QED) is 0.326. The van der Waals surface area contributed by atoms with Gasteiger partial charge < -0.3 is 20.9 Å². The van der Waals surface area contributed by atoms with Crippen molar-refractivity contribution in [2.75, 3.05) is 36.4 Å². The molecular weight excluding hydrogens is 423 g/mol. The van der Waals surface area contributed by atoms with E-state index in [0.717, 1.165) is 36.5 Å². The van der Waals surface area contributed by atoms with Gasteiger partial charge in [0.25, 0.3) is 0 Å². The van der Waals surface area contributed by atoms with Crippen LogP contribution >= 0.6 is 0 Å². The van der Waals surface area contributed by atoms with Crippen LogP contribution in [-0.2, 0) is 17.5 Å². The summed E-state index contributed by atoms with van der Waals surface area (Å²) in [5.41, 5.74) is 0.902. The van der Waals surface area contributed by atoms with Gasteiger partial charge in [-0.2, -0.15) is 13.2 Å². The molecule has 3 N–H and O–H groups in total. The largest absolute Gasteiger partial charge is 0.433 e. The first kappa shape index (κ1) is 23.3. The Kier molecular flexibility index (Phi) is 7.85. The zero-order chi connectivity index (χ0) is 23.0. The normalized spacial score (nSPS) is 14.6. The van der Waals surface area contributed by atoms with Crippen molar-refractivity contribution in [3.05, 3.63) is 47.8 Å². The molecule has 0 radical (unpaired) electrons. The van der Waals surface area contributed by atoms with Crippen LogP contribution in [0.3, 0.4) is 0 Å². The highest BCUT2D eigenvalue weighted by Gasteiger charge is 2.32. The summed E-state index contributed by atoms with van der Waals surface area (Å²) in [6, 6.07) is 8.57. The van der Waals surface area contributed by atoms with Gasteiger partial charge in [-0.25, -0.2) is 15.0 Å². The summed E-state index contributed by atoms with van der Waals surface area (Å²) in [5.74, 6) is 0.650. The standard InChI is InChI=1S/C21H26F3N7O/c1-2-25-19(27-11-12-28-20-26-10-9-17(30-20)21(22,23)24)29-14-15-5-7-16(8-6-15)31-13-3-4-18(31)32/h5-10H,2-4,11-14H2,1H3,(H2,25,27,29)(H,26,28,30). The molecule has 172 valence electrons. The third kappa shape index (κ3) is 6.56. The molecule has 11 heteroatoms. The number of rotatable bonds is 8. The number of hydrogen-bond donors (Lipinski definition) is 3. The molecular formula is C21H26F3N7O. The molecule has 8 nitrogen and oxygen atoms in total. The summed E-state index contributed by atoms with van der Waals surface area (Å²) in [6.07, 6.45) is -1.96. The Labute approximate surface area is 184 Å². The second kappa shape index (κ2) is 10.8. The molecule has 1 aliphatic heterocycles. The third-order valence-electron chi connectivity index (χ3n) is 4.73. The average Bonchev–Trinajstić information content (AvgIpc) is 3.21. The molecule has 2 aromatic rings. The van der Waals surface area contributed by atoms with Crippen molar-refractivity contribution in [2.24, 2.45) is 4.99 Å². The maximum atomic E-state index is 12.7. The molecule has 0 aliphatic carbocycles. The highest BCUT2D eigenvalue weighted by molar-refractivity contribution is 5.95. The number of alkyl halides is 3. The van der Waals surface area contributed by atoms with Crippen molar-refractivity contribution in [3.63, 3.8) is 0 Å². The van der Waals surface area contributed by atoms with Gasteiger partial charge in [0.05, 0.1) is 6.54 Å². The third-order valence-corrected chi connectivity index (χ3v) is 4.73. The van der Waals surface area contributed by atoms with Crippen molar-refractivity contribution in [1.82, 2.24) is 20.6 Å². The SMILES string of the molecule is CCNC(=NCc1ccc(N2CCCC2=O)cc1)NCCNc1nccc(C(F)(F)F)n1. The Morgan fingerprint density at radius 3 is 2.59 bits per heavy atom. The lowest BCUT2D eigenvalue weighted by Gasteiger charge is -2.16. The van der Waals surface area contributed by atoms with Crippen LogP contribution < -0.4 is 20.9 Å². The van der Waals surface area contributed by atoms with Gasteiger partial charge in [0.15, 0.2) is 5.96 Å². The second-order valence-corrected chi connectivity index (χ2v) is 7.13. The van der Waals surface area contributed by atoms with Gasteiger partial charge in [-0.15, -0.1) is 0 Å². The maximum Gasteiger partial charge on any atom is 0.433 e. The summed E-state index contributed by atoms with van der Waals surface area (Å²) in [5, 5.41) is 9.00. The number of benzene rings is 1. The van der Waals surface area contributed by atoms with Gasteiger partial charge in [0.2, 0.25) is 11.9 Å². The Bertz CT molecular complexity index is 932. The van der Waals surface area contributed by atoms with Crippen LogP contribution in [0, 0.1) is 0 Å². The lowest BCUT2D eigenvalue weighted by molar-refractivity contribution is -0.141. The van der Waals surface area contributed by atoms with E-state index in [1.807, 2.05) is 31.2 Å². The van der Waals surface area contributed by atoms with E-state index in [1.165, 1.54) is 0 Å². The van der Waals surface area contributed by atoms with Crippen LogP contribution in [-0.4, -0.2) is 48.0 Å². The van der Waals surface area contributed by atoms with E-state index in [2.05, 4.69) is 30.9 Å². The van der Waals surface area contributed by atoms with Crippen LogP contribution in [0.1, 0.15) is 31.0 Å². The van der Waals surface area contributed by atoms with Gasteiger partial charge in [-0.3, -0.25) is 4.79 Å². The molecule has 0 bridgehead atoms. The summed E-state index contributed by atoms with van der Waals surface area (Å²) in [7, 11) is 0. The molecule has 3 rings (SSSR count). The molecule has 1 fully saturated rings. The van der Waals surface area contributed by atoms with E-state index in [4.69, 9.17) is 0 Å². The lowest BCUT2D eigenvalue weighted by atomic mass is 10.2. The molecule has 1 aromatic carbocycles. The molecule has 0 atom stereocenters. The van der Waals surface area contributed by atoms with Crippen molar-refractivity contribution in [3.8, 4) is 0 Å². The zero-order valence-corrected chi connectivity index (χ0v) is 17.7. The van der Waals surface area contributed by atoms with Gasteiger partial charge in [0.1, 0.15) is 5.69 Å². The first-order valence-corrected chi connectivity index (χ1v) is 10.4. The summed E-state index contributed by atoms with van der Waals surface area (Å²) >= 11 is 0. The van der Waals surface area contributed by atoms with E-state index in [9.17, 15) is 18.0 Å². The number of carbonyl (C=O) groups excluding carboxylic acids is 1. The maximum absolute atomic E-state index is 12.7. The zero-order valence-electron chi connectivity index (χ0n) is 17.7. The van der Waals surface area contributed by atoms with Crippen LogP contribution in [0.15, 0.2) is 41.5 Å². The molecule has 0 saturated carbocycles. The minimum absolute atomic E-state index is 0.0832. The van der Waals surface area contributed by atoms with Crippen LogP contribution in [0.4, 0.5) is 24.8 Å². The Hall–Kier alpha value is -3.37. The van der Waals surface area contributed by atoms with Crippen LogP contribution in [0.25, 0.3) is 0 Å². The predicted octanol–water partition coefficient (Wildman–Crippen LogP) is 2.79. The highest BCUT2D eigenvalue weighted by atomic mass is 19.4. The molecule has 0 spiro atoms. The number of nitrogens with zero attached hydrogens (tertiary/aromatic N) is 4. The highest BCUT2D eigenvalue weighted by Crippen LogP contribution is 2.27. The predicted molar refractivity (Wildman–Crippen MR) is 116 cm³/mol. The fourth-order valence-electron chi connectivity index (χ4n) is 3.17. The van der Waals surface area contributed by atoms with Crippen molar-refractivity contribution in [1.29, 1.82) is 0 Å². The topological polar surface area (TPSA) is 94.5 Å². The van der Waals surface area contributed by atoms with Gasteiger partial charge in [-0.05, 0) is 37.1 Å². The van der Waals surface area contributed by atoms with Gasteiger partial charge in [-0.1, -0.05) is 12.1 Å². The summed E-state index contributed by atoms with van der Waals surface area (Å²) < 4.78 is 38.2. The van der Waals surface area contributed by atoms with Gasteiger partial charge in [0, 0.05) is 44.5 Å². The molecule has 1 saturated heterocycles. The fourth-order valence-corrected chi connectivity index (χ4v) is 3.17. The Balaban J connectivity index is 1.49. The van der Waals surface area contributed by atoms with E-state index in [1.54, 1.807) is 4.90 Å². The molecule has 1 aromatic heterocycles. The number of guanidine groups is 1. The van der Waals surface area contributed by atoms with Crippen molar-refractivity contribution < 1.29 is 18.0 Å². The molecule has 2 heterocycles. The number of carbonyl (C=O) groups is 1. The minimum atomic E-state index is -4.51. The number of nitrogens with one attached hydrogen (secondary N) is 3. The molecule has 32 heavy (non-hydrogen) atoms. The molecule has 0 unspecified atom stereocenters. The van der Waals surface area contributed by atoms with E-state index < -0.39 is 11.9 Å². The number of amides is 1. The summed E-state index contributed by atoms with van der Waals surface area (Å²) in [4.78, 5) is 25.4. The smallest absolute Gasteiger partial charge is 0.357 e. The molecule has 1 aliphatic rings. The van der Waals surface area contributed by atoms with Crippen LogP contribution in [0.2, 0.25) is 0 Å². The number of aromatic nitrogens is 2. The lowest BCUT2D eigenvalue weighted by Crippen LogP contribution is -2.39. The molecule has 1 amide bonds.